The molecule has 3 heterocycles. The SMILES string of the molecule is COc1ccc(-c2nc(C)c(C(=O)N3CCC[C@H](c4nc5ccccc5s4)C3)s2)cc1OC. The van der Waals surface area contributed by atoms with E-state index in [-0.39, 0.29) is 11.8 Å². The van der Waals surface area contributed by atoms with Gasteiger partial charge in [-0.25, -0.2) is 9.97 Å². The van der Waals surface area contributed by atoms with Gasteiger partial charge in [0.15, 0.2) is 11.5 Å². The van der Waals surface area contributed by atoms with Gasteiger partial charge >= 0.3 is 0 Å². The molecule has 1 amide bonds. The van der Waals surface area contributed by atoms with Crippen molar-refractivity contribution in [3.8, 4) is 22.1 Å². The van der Waals surface area contributed by atoms with Gasteiger partial charge in [-0.05, 0) is 50.1 Å². The van der Waals surface area contributed by atoms with Crippen LogP contribution in [0.4, 0.5) is 0 Å². The van der Waals surface area contributed by atoms with Crippen LogP contribution in [0.3, 0.4) is 0 Å². The molecule has 33 heavy (non-hydrogen) atoms. The van der Waals surface area contributed by atoms with Crippen LogP contribution in [0.2, 0.25) is 0 Å². The Hall–Kier alpha value is -2.97. The number of piperidine rings is 1. The quantitative estimate of drug-likeness (QED) is 0.364. The normalized spacial score (nSPS) is 16.2. The summed E-state index contributed by atoms with van der Waals surface area (Å²) in [6, 6.07) is 13.9. The number of para-hydroxylation sites is 1. The Morgan fingerprint density at radius 1 is 1.06 bits per heavy atom. The Labute approximate surface area is 200 Å². The number of carbonyl (C=O) groups excluding carboxylic acids is 1. The van der Waals surface area contributed by atoms with Crippen molar-refractivity contribution >= 4 is 38.8 Å². The van der Waals surface area contributed by atoms with E-state index in [1.165, 1.54) is 16.0 Å². The molecule has 0 saturated carbocycles. The first kappa shape index (κ1) is 21.9. The third-order valence-electron chi connectivity index (χ3n) is 5.99. The summed E-state index contributed by atoms with van der Waals surface area (Å²) in [5, 5.41) is 1.93. The van der Waals surface area contributed by atoms with Crippen LogP contribution in [0.5, 0.6) is 11.5 Å². The number of nitrogens with zero attached hydrogens (tertiary/aromatic N) is 3. The predicted octanol–water partition coefficient (Wildman–Crippen LogP) is 5.77. The number of aromatic nitrogens is 2. The van der Waals surface area contributed by atoms with Gasteiger partial charge in [-0.1, -0.05) is 12.1 Å². The van der Waals surface area contributed by atoms with Crippen molar-refractivity contribution in [3.63, 3.8) is 0 Å². The summed E-state index contributed by atoms with van der Waals surface area (Å²) < 4.78 is 12.0. The molecule has 0 radical (unpaired) electrons. The van der Waals surface area contributed by atoms with Gasteiger partial charge in [0, 0.05) is 24.6 Å². The minimum Gasteiger partial charge on any atom is -0.493 e. The van der Waals surface area contributed by atoms with Gasteiger partial charge in [0.25, 0.3) is 5.91 Å². The lowest BCUT2D eigenvalue weighted by Gasteiger charge is -2.31. The van der Waals surface area contributed by atoms with E-state index in [0.717, 1.165) is 46.2 Å². The molecule has 0 unspecified atom stereocenters. The largest absolute Gasteiger partial charge is 0.493 e. The van der Waals surface area contributed by atoms with Crippen molar-refractivity contribution in [2.45, 2.75) is 25.7 Å². The fraction of sp³-hybridized carbons (Fsp3) is 0.320. The number of ether oxygens (including phenoxy) is 2. The van der Waals surface area contributed by atoms with Crippen molar-refractivity contribution in [3.05, 3.63) is 58.0 Å². The molecule has 1 aliphatic heterocycles. The van der Waals surface area contributed by atoms with Crippen molar-refractivity contribution in [2.75, 3.05) is 27.3 Å². The first-order valence-corrected chi connectivity index (χ1v) is 12.5. The Balaban J connectivity index is 1.37. The van der Waals surface area contributed by atoms with Gasteiger partial charge in [-0.15, -0.1) is 22.7 Å². The fourth-order valence-corrected chi connectivity index (χ4v) is 6.38. The van der Waals surface area contributed by atoms with Gasteiger partial charge in [0.05, 0.1) is 35.1 Å². The molecule has 0 spiro atoms. The smallest absolute Gasteiger partial charge is 0.265 e. The van der Waals surface area contributed by atoms with E-state index in [9.17, 15) is 4.79 Å². The standard InChI is InChI=1S/C25H25N3O3S2/c1-15-22(33-23(26-15)16-10-11-19(30-2)20(13-16)31-3)25(29)28-12-6-7-17(14-28)24-27-18-8-4-5-9-21(18)32-24/h4-5,8-11,13,17H,6-7,12,14H2,1-3H3/t17-/m0/s1. The molecule has 170 valence electrons. The van der Waals surface area contributed by atoms with Gasteiger partial charge in [-0.3, -0.25) is 4.79 Å². The molecule has 0 bridgehead atoms. The van der Waals surface area contributed by atoms with E-state index in [2.05, 4.69) is 12.1 Å². The van der Waals surface area contributed by atoms with Crippen molar-refractivity contribution in [1.29, 1.82) is 0 Å². The summed E-state index contributed by atoms with van der Waals surface area (Å²) in [4.78, 5) is 25.7. The minimum atomic E-state index is 0.0579. The molecule has 6 nitrogen and oxygen atoms in total. The number of rotatable bonds is 5. The summed E-state index contributed by atoms with van der Waals surface area (Å²) in [6.45, 7) is 3.37. The lowest BCUT2D eigenvalue weighted by Crippen LogP contribution is -2.39. The average molecular weight is 480 g/mol. The Morgan fingerprint density at radius 2 is 1.88 bits per heavy atom. The maximum atomic E-state index is 13.5. The first-order valence-electron chi connectivity index (χ1n) is 10.9. The number of carbonyl (C=O) groups is 1. The minimum absolute atomic E-state index is 0.0579. The highest BCUT2D eigenvalue weighted by atomic mass is 32.1. The average Bonchev–Trinajstić information content (AvgIpc) is 3.47. The first-order chi connectivity index (χ1) is 16.1. The second kappa shape index (κ2) is 9.11. The topological polar surface area (TPSA) is 64.5 Å². The number of methoxy groups -OCH3 is 2. The maximum Gasteiger partial charge on any atom is 0.265 e. The molecular weight excluding hydrogens is 454 g/mol. The molecule has 1 saturated heterocycles. The summed E-state index contributed by atoms with van der Waals surface area (Å²) in [7, 11) is 3.23. The number of benzene rings is 2. The lowest BCUT2D eigenvalue weighted by atomic mass is 9.98. The summed E-state index contributed by atoms with van der Waals surface area (Å²) >= 11 is 3.18. The van der Waals surface area contributed by atoms with Crippen LogP contribution in [0.25, 0.3) is 20.8 Å². The molecule has 2 aromatic carbocycles. The zero-order valence-electron chi connectivity index (χ0n) is 18.8. The van der Waals surface area contributed by atoms with Crippen LogP contribution in [-0.2, 0) is 0 Å². The molecule has 1 atom stereocenters. The maximum absolute atomic E-state index is 13.5. The van der Waals surface area contributed by atoms with Crippen LogP contribution in [0.1, 0.15) is 39.1 Å². The third-order valence-corrected chi connectivity index (χ3v) is 8.38. The molecule has 1 aliphatic rings. The fourth-order valence-electron chi connectivity index (χ4n) is 4.26. The molecule has 0 N–H and O–H groups in total. The van der Waals surface area contributed by atoms with Gasteiger partial charge in [0.2, 0.25) is 0 Å². The summed E-state index contributed by atoms with van der Waals surface area (Å²) in [5.41, 5.74) is 2.71. The van der Waals surface area contributed by atoms with E-state index in [4.69, 9.17) is 19.4 Å². The van der Waals surface area contributed by atoms with Gasteiger partial charge in [-0.2, -0.15) is 0 Å². The molecule has 0 aliphatic carbocycles. The van der Waals surface area contributed by atoms with E-state index in [0.29, 0.717) is 22.9 Å². The van der Waals surface area contributed by atoms with Crippen molar-refractivity contribution in [1.82, 2.24) is 14.9 Å². The second-order valence-corrected chi connectivity index (χ2v) is 10.2. The monoisotopic (exact) mass is 479 g/mol. The van der Waals surface area contributed by atoms with E-state index in [1.807, 2.05) is 42.2 Å². The van der Waals surface area contributed by atoms with E-state index >= 15 is 0 Å². The molecule has 4 aromatic rings. The highest BCUT2D eigenvalue weighted by Gasteiger charge is 2.29. The van der Waals surface area contributed by atoms with Gasteiger partial charge < -0.3 is 14.4 Å². The Morgan fingerprint density at radius 3 is 2.67 bits per heavy atom. The number of fused-ring (bicyclic) bond motifs is 1. The highest BCUT2D eigenvalue weighted by Crippen LogP contribution is 2.37. The summed E-state index contributed by atoms with van der Waals surface area (Å²) in [6.07, 6.45) is 2.04. The molecular formula is C25H25N3O3S2. The second-order valence-electron chi connectivity index (χ2n) is 8.11. The lowest BCUT2D eigenvalue weighted by molar-refractivity contribution is 0.0711. The Bertz CT molecular complexity index is 1280. The van der Waals surface area contributed by atoms with Gasteiger partial charge in [0.1, 0.15) is 9.88 Å². The molecule has 8 heteroatoms. The van der Waals surface area contributed by atoms with Crippen LogP contribution in [0.15, 0.2) is 42.5 Å². The number of aryl methyl sites for hydroxylation is 1. The third kappa shape index (κ3) is 4.20. The number of likely N-dealkylation sites (tertiary alicyclic amines) is 1. The zero-order valence-corrected chi connectivity index (χ0v) is 20.5. The van der Waals surface area contributed by atoms with Crippen LogP contribution < -0.4 is 9.47 Å². The molecule has 1 fully saturated rings. The van der Waals surface area contributed by atoms with Crippen LogP contribution in [0, 0.1) is 6.92 Å². The number of amides is 1. The van der Waals surface area contributed by atoms with Crippen LogP contribution >= 0.6 is 22.7 Å². The van der Waals surface area contributed by atoms with Crippen molar-refractivity contribution in [2.24, 2.45) is 0 Å². The van der Waals surface area contributed by atoms with E-state index < -0.39 is 0 Å². The molecule has 5 rings (SSSR count). The number of hydrogen-bond acceptors (Lipinski definition) is 7. The van der Waals surface area contributed by atoms with Crippen LogP contribution in [-0.4, -0.2) is 48.1 Å². The predicted molar refractivity (Wildman–Crippen MR) is 133 cm³/mol. The Kier molecular flexibility index (Phi) is 6.03. The summed E-state index contributed by atoms with van der Waals surface area (Å²) in [5.74, 6) is 1.65. The molecule has 2 aromatic heterocycles. The van der Waals surface area contributed by atoms with Crippen molar-refractivity contribution < 1.29 is 14.3 Å². The number of hydrogen-bond donors (Lipinski definition) is 0. The van der Waals surface area contributed by atoms with E-state index in [1.54, 1.807) is 25.6 Å². The zero-order chi connectivity index (χ0) is 22.9. The highest BCUT2D eigenvalue weighted by molar-refractivity contribution is 7.18. The number of thiazole rings is 2.